The summed E-state index contributed by atoms with van der Waals surface area (Å²) in [6, 6.07) is 5.19. The lowest BCUT2D eigenvalue weighted by Gasteiger charge is -2.22. The van der Waals surface area contributed by atoms with E-state index in [2.05, 4.69) is 0 Å². The highest BCUT2D eigenvalue weighted by molar-refractivity contribution is 5.28. The number of hydrogen-bond donors (Lipinski definition) is 1. The monoisotopic (exact) mass is 270 g/mol. The Labute approximate surface area is 100.0 Å². The van der Waals surface area contributed by atoms with E-state index in [1.54, 1.807) is 0 Å². The van der Waals surface area contributed by atoms with Crippen molar-refractivity contribution in [2.24, 2.45) is 0 Å². The molecule has 0 aliphatic heterocycles. The lowest BCUT2D eigenvalue weighted by molar-refractivity contribution is -0.290. The summed E-state index contributed by atoms with van der Waals surface area (Å²) in [6.07, 6.45) is -9.27. The maximum Gasteiger partial charge on any atom is 0.453 e. The Kier molecular flexibility index (Phi) is 4.16. The molecule has 2 nitrogen and oxygen atoms in total. The van der Waals surface area contributed by atoms with E-state index < -0.39 is 24.6 Å². The standard InChI is InChI=1S/C11H11F5O2/c1-18-8-4-2-7(3-5-8)9(17)6-10(12,13)11(14,15)16/h2-5,9,17H,6H2,1H3. The molecule has 1 rings (SSSR count). The van der Waals surface area contributed by atoms with E-state index in [0.29, 0.717) is 5.75 Å². The lowest BCUT2D eigenvalue weighted by atomic mass is 10.0. The Balaban J connectivity index is 2.78. The summed E-state index contributed by atoms with van der Waals surface area (Å²) >= 11 is 0. The second kappa shape index (κ2) is 5.09. The summed E-state index contributed by atoms with van der Waals surface area (Å²) < 4.78 is 66.0. The first-order valence-electron chi connectivity index (χ1n) is 4.94. The van der Waals surface area contributed by atoms with Gasteiger partial charge in [0.2, 0.25) is 0 Å². The van der Waals surface area contributed by atoms with Crippen LogP contribution in [0.4, 0.5) is 22.0 Å². The van der Waals surface area contributed by atoms with Gasteiger partial charge in [-0.2, -0.15) is 22.0 Å². The number of aliphatic hydroxyl groups is 1. The van der Waals surface area contributed by atoms with Crippen LogP contribution in [0.2, 0.25) is 0 Å². The molecule has 1 aromatic rings. The van der Waals surface area contributed by atoms with E-state index in [4.69, 9.17) is 4.74 Å². The van der Waals surface area contributed by atoms with Crippen LogP contribution in [0.1, 0.15) is 18.1 Å². The molecule has 18 heavy (non-hydrogen) atoms. The van der Waals surface area contributed by atoms with Gasteiger partial charge in [0.25, 0.3) is 0 Å². The Hall–Kier alpha value is -1.37. The van der Waals surface area contributed by atoms with Crippen LogP contribution in [-0.2, 0) is 0 Å². The average Bonchev–Trinajstić information content (AvgIpc) is 2.27. The van der Waals surface area contributed by atoms with E-state index in [1.807, 2.05) is 0 Å². The zero-order valence-corrected chi connectivity index (χ0v) is 9.34. The lowest BCUT2D eigenvalue weighted by Crippen LogP contribution is -2.37. The zero-order valence-electron chi connectivity index (χ0n) is 9.34. The first kappa shape index (κ1) is 14.7. The third kappa shape index (κ3) is 3.32. The predicted octanol–water partition coefficient (Wildman–Crippen LogP) is 3.32. The SMILES string of the molecule is COc1ccc(C(O)CC(F)(F)C(F)(F)F)cc1. The Bertz CT molecular complexity index is 385. The molecule has 0 amide bonds. The number of methoxy groups -OCH3 is 1. The first-order chi connectivity index (χ1) is 8.17. The molecule has 0 saturated carbocycles. The molecule has 0 heterocycles. The minimum atomic E-state index is -5.67. The first-order valence-corrected chi connectivity index (χ1v) is 4.94. The number of rotatable bonds is 4. The van der Waals surface area contributed by atoms with Gasteiger partial charge in [0.15, 0.2) is 0 Å². The predicted molar refractivity (Wildman–Crippen MR) is 53.6 cm³/mol. The molecule has 0 radical (unpaired) electrons. The second-order valence-corrected chi connectivity index (χ2v) is 3.70. The molecule has 1 atom stereocenters. The number of benzene rings is 1. The highest BCUT2D eigenvalue weighted by Gasteiger charge is 2.58. The van der Waals surface area contributed by atoms with Gasteiger partial charge < -0.3 is 9.84 Å². The maximum absolute atomic E-state index is 12.7. The van der Waals surface area contributed by atoms with Gasteiger partial charge in [-0.1, -0.05) is 12.1 Å². The van der Waals surface area contributed by atoms with E-state index in [-0.39, 0.29) is 5.56 Å². The van der Waals surface area contributed by atoms with Gasteiger partial charge in [0.05, 0.1) is 19.6 Å². The van der Waals surface area contributed by atoms with Crippen LogP contribution in [0.5, 0.6) is 5.75 Å². The van der Waals surface area contributed by atoms with Crippen molar-refractivity contribution in [3.05, 3.63) is 29.8 Å². The molecule has 1 unspecified atom stereocenters. The minimum absolute atomic E-state index is 0.0280. The molecule has 7 heteroatoms. The Morgan fingerprint density at radius 1 is 1.11 bits per heavy atom. The molecule has 0 saturated heterocycles. The van der Waals surface area contributed by atoms with Crippen molar-refractivity contribution in [3.63, 3.8) is 0 Å². The minimum Gasteiger partial charge on any atom is -0.497 e. The fraction of sp³-hybridized carbons (Fsp3) is 0.455. The van der Waals surface area contributed by atoms with Gasteiger partial charge in [0.1, 0.15) is 5.75 Å². The average molecular weight is 270 g/mol. The molecule has 102 valence electrons. The topological polar surface area (TPSA) is 29.5 Å². The van der Waals surface area contributed by atoms with Gasteiger partial charge in [-0.25, -0.2) is 0 Å². The molecule has 0 fully saturated rings. The maximum atomic E-state index is 12.7. The molecule has 0 aliphatic rings. The molecular weight excluding hydrogens is 259 g/mol. The van der Waals surface area contributed by atoms with E-state index >= 15 is 0 Å². The van der Waals surface area contributed by atoms with Gasteiger partial charge in [-0.3, -0.25) is 0 Å². The van der Waals surface area contributed by atoms with Crippen molar-refractivity contribution in [1.29, 1.82) is 0 Å². The molecule has 0 spiro atoms. The van der Waals surface area contributed by atoms with Gasteiger partial charge in [-0.05, 0) is 17.7 Å². The summed E-state index contributed by atoms with van der Waals surface area (Å²) in [5, 5.41) is 9.36. The quantitative estimate of drug-likeness (QED) is 0.850. The second-order valence-electron chi connectivity index (χ2n) is 3.70. The van der Waals surface area contributed by atoms with E-state index in [0.717, 1.165) is 0 Å². The van der Waals surface area contributed by atoms with Crippen molar-refractivity contribution < 1.29 is 31.8 Å². The fourth-order valence-corrected chi connectivity index (χ4v) is 1.30. The largest absolute Gasteiger partial charge is 0.497 e. The smallest absolute Gasteiger partial charge is 0.453 e. The van der Waals surface area contributed by atoms with Crippen molar-refractivity contribution >= 4 is 0 Å². The van der Waals surface area contributed by atoms with Crippen LogP contribution in [0.15, 0.2) is 24.3 Å². The Morgan fingerprint density at radius 3 is 2.00 bits per heavy atom. The van der Waals surface area contributed by atoms with Crippen LogP contribution >= 0.6 is 0 Å². The van der Waals surface area contributed by atoms with Crippen LogP contribution in [-0.4, -0.2) is 24.3 Å². The fourth-order valence-electron chi connectivity index (χ4n) is 1.30. The van der Waals surface area contributed by atoms with Crippen molar-refractivity contribution in [2.45, 2.75) is 24.6 Å². The highest BCUT2D eigenvalue weighted by atomic mass is 19.4. The van der Waals surface area contributed by atoms with Gasteiger partial charge >= 0.3 is 12.1 Å². The van der Waals surface area contributed by atoms with Gasteiger partial charge in [0, 0.05) is 0 Å². The van der Waals surface area contributed by atoms with Crippen LogP contribution < -0.4 is 4.74 Å². The van der Waals surface area contributed by atoms with E-state index in [9.17, 15) is 27.1 Å². The van der Waals surface area contributed by atoms with Crippen LogP contribution in [0, 0.1) is 0 Å². The summed E-state index contributed by atoms with van der Waals surface area (Å²) in [7, 11) is 1.38. The third-order valence-electron chi connectivity index (χ3n) is 2.37. The van der Waals surface area contributed by atoms with Crippen molar-refractivity contribution in [3.8, 4) is 5.75 Å². The molecule has 0 aromatic heterocycles. The summed E-state index contributed by atoms with van der Waals surface area (Å²) in [6.45, 7) is 0. The van der Waals surface area contributed by atoms with E-state index in [1.165, 1.54) is 31.4 Å². The van der Waals surface area contributed by atoms with Crippen molar-refractivity contribution in [2.75, 3.05) is 7.11 Å². The normalized spacial score (nSPS) is 14.4. The number of halogens is 5. The highest BCUT2D eigenvalue weighted by Crippen LogP contribution is 2.41. The van der Waals surface area contributed by atoms with Crippen molar-refractivity contribution in [1.82, 2.24) is 0 Å². The number of aliphatic hydroxyl groups excluding tert-OH is 1. The number of ether oxygens (including phenoxy) is 1. The zero-order chi connectivity index (χ0) is 14.0. The van der Waals surface area contributed by atoms with Crippen LogP contribution in [0.25, 0.3) is 0 Å². The molecular formula is C11H11F5O2. The molecule has 0 bridgehead atoms. The van der Waals surface area contributed by atoms with Gasteiger partial charge in [-0.15, -0.1) is 0 Å². The molecule has 0 aliphatic carbocycles. The number of hydrogen-bond acceptors (Lipinski definition) is 2. The van der Waals surface area contributed by atoms with Crippen LogP contribution in [0.3, 0.4) is 0 Å². The molecule has 1 N–H and O–H groups in total. The summed E-state index contributed by atoms with van der Waals surface area (Å²) in [4.78, 5) is 0. The Morgan fingerprint density at radius 2 is 1.61 bits per heavy atom. The number of alkyl halides is 5. The summed E-state index contributed by atoms with van der Waals surface area (Å²) in [5.74, 6) is -4.51. The summed E-state index contributed by atoms with van der Waals surface area (Å²) in [5.41, 5.74) is -0.0280. The third-order valence-corrected chi connectivity index (χ3v) is 2.37. The molecule has 1 aromatic carbocycles.